The predicted molar refractivity (Wildman–Crippen MR) is 87.1 cm³/mol. The molecule has 0 radical (unpaired) electrons. The van der Waals surface area contributed by atoms with Gasteiger partial charge in [-0.2, -0.15) is 0 Å². The van der Waals surface area contributed by atoms with Gasteiger partial charge in [-0.25, -0.2) is 0 Å². The van der Waals surface area contributed by atoms with Crippen LogP contribution < -0.4 is 5.73 Å². The normalized spacial score (nSPS) is 12.3. The lowest BCUT2D eigenvalue weighted by Crippen LogP contribution is -2.17. The van der Waals surface area contributed by atoms with Crippen LogP contribution in [0.15, 0.2) is 54.6 Å². The monoisotopic (exact) mass is 287 g/mol. The average Bonchev–Trinajstić information content (AvgIpc) is 2.49. The van der Waals surface area contributed by atoms with E-state index in [0.717, 1.165) is 24.4 Å². The molecule has 0 bridgehead atoms. The van der Waals surface area contributed by atoms with Gasteiger partial charge in [-0.3, -0.25) is 0 Å². The van der Waals surface area contributed by atoms with E-state index in [2.05, 4.69) is 42.5 Å². The number of hydrogen-bond donors (Lipinski definition) is 1. The zero-order valence-corrected chi connectivity index (χ0v) is 12.5. The minimum atomic E-state index is 0.555. The number of nitrogens with two attached hydrogens (primary N) is 1. The molecule has 0 amide bonds. The van der Waals surface area contributed by atoms with Crippen molar-refractivity contribution in [3.8, 4) is 0 Å². The minimum absolute atomic E-state index is 0.555. The third kappa shape index (κ3) is 4.99. The average molecular weight is 288 g/mol. The van der Waals surface area contributed by atoms with Crippen LogP contribution in [0.1, 0.15) is 24.0 Å². The molecule has 2 aromatic carbocycles. The van der Waals surface area contributed by atoms with E-state index in [1.54, 1.807) is 0 Å². The van der Waals surface area contributed by atoms with Crippen LogP contribution in [0.4, 0.5) is 0 Å². The summed E-state index contributed by atoms with van der Waals surface area (Å²) in [7, 11) is 0. The maximum absolute atomic E-state index is 5.91. The van der Waals surface area contributed by atoms with Gasteiger partial charge in [0.05, 0.1) is 0 Å². The zero-order chi connectivity index (χ0) is 14.2. The fourth-order valence-electron chi connectivity index (χ4n) is 2.50. The maximum atomic E-state index is 5.91. The summed E-state index contributed by atoms with van der Waals surface area (Å²) in [6, 6.07) is 18.8. The molecule has 0 aliphatic rings. The first-order chi connectivity index (χ1) is 9.78. The molecule has 106 valence electrons. The molecule has 2 N–H and O–H groups in total. The van der Waals surface area contributed by atoms with Crippen LogP contribution in [0.5, 0.6) is 0 Å². The van der Waals surface area contributed by atoms with Crippen molar-refractivity contribution in [1.82, 2.24) is 0 Å². The van der Waals surface area contributed by atoms with Crippen LogP contribution in [-0.2, 0) is 12.8 Å². The third-order valence-electron chi connectivity index (χ3n) is 3.69. The van der Waals surface area contributed by atoms with Crippen molar-refractivity contribution in [2.45, 2.75) is 25.7 Å². The number of aryl methyl sites for hydroxylation is 1. The van der Waals surface area contributed by atoms with Crippen molar-refractivity contribution in [2.24, 2.45) is 11.7 Å². The van der Waals surface area contributed by atoms with Gasteiger partial charge >= 0.3 is 0 Å². The second-order valence-corrected chi connectivity index (χ2v) is 5.75. The van der Waals surface area contributed by atoms with Gasteiger partial charge in [0.25, 0.3) is 0 Å². The lowest BCUT2D eigenvalue weighted by Gasteiger charge is -2.14. The van der Waals surface area contributed by atoms with E-state index < -0.39 is 0 Å². The maximum Gasteiger partial charge on any atom is 0.0406 e. The van der Waals surface area contributed by atoms with Crippen molar-refractivity contribution in [3.05, 3.63) is 70.7 Å². The van der Waals surface area contributed by atoms with Gasteiger partial charge in [-0.05, 0) is 61.4 Å². The molecule has 1 atom stereocenters. The highest BCUT2D eigenvalue weighted by Gasteiger charge is 2.08. The number of rotatable bonds is 7. The van der Waals surface area contributed by atoms with E-state index in [4.69, 9.17) is 17.3 Å². The Labute approximate surface area is 126 Å². The van der Waals surface area contributed by atoms with Crippen molar-refractivity contribution in [2.75, 3.05) is 6.54 Å². The van der Waals surface area contributed by atoms with Gasteiger partial charge < -0.3 is 5.73 Å². The van der Waals surface area contributed by atoms with Gasteiger partial charge in [0.15, 0.2) is 0 Å². The van der Waals surface area contributed by atoms with Crippen LogP contribution in [0.3, 0.4) is 0 Å². The summed E-state index contributed by atoms with van der Waals surface area (Å²) in [5.41, 5.74) is 8.64. The van der Waals surface area contributed by atoms with Gasteiger partial charge in [0.2, 0.25) is 0 Å². The first-order valence-electron chi connectivity index (χ1n) is 7.26. The molecule has 2 heteroatoms. The van der Waals surface area contributed by atoms with Crippen LogP contribution in [0, 0.1) is 5.92 Å². The molecule has 0 fully saturated rings. The Bertz CT molecular complexity index is 493. The number of hydrogen-bond acceptors (Lipinski definition) is 1. The van der Waals surface area contributed by atoms with Gasteiger partial charge in [0.1, 0.15) is 0 Å². The summed E-state index contributed by atoms with van der Waals surface area (Å²) in [4.78, 5) is 0. The molecule has 0 heterocycles. The van der Waals surface area contributed by atoms with Crippen molar-refractivity contribution in [1.29, 1.82) is 0 Å². The molecule has 0 saturated heterocycles. The third-order valence-corrected chi connectivity index (χ3v) is 3.94. The highest BCUT2D eigenvalue weighted by atomic mass is 35.5. The fraction of sp³-hybridized carbons (Fsp3) is 0.333. The van der Waals surface area contributed by atoms with E-state index in [1.165, 1.54) is 24.0 Å². The second kappa shape index (κ2) is 8.08. The van der Waals surface area contributed by atoms with E-state index in [-0.39, 0.29) is 0 Å². The van der Waals surface area contributed by atoms with E-state index >= 15 is 0 Å². The number of benzene rings is 2. The Balaban J connectivity index is 1.79. The topological polar surface area (TPSA) is 26.0 Å². The Morgan fingerprint density at radius 2 is 1.60 bits per heavy atom. The Morgan fingerprint density at radius 3 is 2.25 bits per heavy atom. The first-order valence-corrected chi connectivity index (χ1v) is 7.64. The van der Waals surface area contributed by atoms with Gasteiger partial charge in [-0.15, -0.1) is 0 Å². The zero-order valence-electron chi connectivity index (χ0n) is 11.8. The summed E-state index contributed by atoms with van der Waals surface area (Å²) < 4.78 is 0. The smallest absolute Gasteiger partial charge is 0.0406 e. The molecule has 20 heavy (non-hydrogen) atoms. The molecular formula is C18H22ClN. The Kier molecular flexibility index (Phi) is 6.10. The van der Waals surface area contributed by atoms with Crippen LogP contribution in [-0.4, -0.2) is 6.54 Å². The van der Waals surface area contributed by atoms with E-state index in [1.807, 2.05) is 12.1 Å². The summed E-state index contributed by atoms with van der Waals surface area (Å²) >= 11 is 5.91. The lowest BCUT2D eigenvalue weighted by atomic mass is 9.93. The van der Waals surface area contributed by atoms with Crippen molar-refractivity contribution < 1.29 is 0 Å². The lowest BCUT2D eigenvalue weighted by molar-refractivity contribution is 0.476. The Hall–Kier alpha value is -1.31. The molecule has 0 aromatic heterocycles. The van der Waals surface area contributed by atoms with E-state index in [9.17, 15) is 0 Å². The quantitative estimate of drug-likeness (QED) is 0.798. The van der Waals surface area contributed by atoms with E-state index in [0.29, 0.717) is 5.92 Å². The standard InChI is InChI=1S/C18H22ClN/c19-18-11-9-16(10-12-18)13-17(14-20)8-4-7-15-5-2-1-3-6-15/h1-3,5-6,9-12,17H,4,7-8,13-14,20H2. The van der Waals surface area contributed by atoms with Crippen molar-refractivity contribution in [3.63, 3.8) is 0 Å². The van der Waals surface area contributed by atoms with Crippen LogP contribution in [0.25, 0.3) is 0 Å². The fourth-order valence-corrected chi connectivity index (χ4v) is 2.62. The molecule has 0 saturated carbocycles. The largest absolute Gasteiger partial charge is 0.330 e. The molecule has 1 nitrogen and oxygen atoms in total. The highest BCUT2D eigenvalue weighted by Crippen LogP contribution is 2.17. The molecule has 0 spiro atoms. The summed E-state index contributed by atoms with van der Waals surface area (Å²) in [6.45, 7) is 0.747. The molecule has 0 aliphatic carbocycles. The van der Waals surface area contributed by atoms with Crippen LogP contribution in [0.2, 0.25) is 5.02 Å². The van der Waals surface area contributed by atoms with Crippen molar-refractivity contribution >= 4 is 11.6 Å². The predicted octanol–water partition coefficient (Wildman–Crippen LogP) is 4.48. The summed E-state index contributed by atoms with van der Waals surface area (Å²) in [5.74, 6) is 0.555. The summed E-state index contributed by atoms with van der Waals surface area (Å²) in [6.07, 6.45) is 4.55. The second-order valence-electron chi connectivity index (χ2n) is 5.31. The summed E-state index contributed by atoms with van der Waals surface area (Å²) in [5, 5.41) is 0.794. The number of halogens is 1. The SMILES string of the molecule is NCC(CCCc1ccccc1)Cc1ccc(Cl)cc1. The molecule has 2 aromatic rings. The molecule has 1 unspecified atom stereocenters. The minimum Gasteiger partial charge on any atom is -0.330 e. The molecule has 2 rings (SSSR count). The van der Waals surface area contributed by atoms with Gasteiger partial charge in [0, 0.05) is 5.02 Å². The highest BCUT2D eigenvalue weighted by molar-refractivity contribution is 6.30. The Morgan fingerprint density at radius 1 is 0.900 bits per heavy atom. The molecule has 0 aliphatic heterocycles. The molecular weight excluding hydrogens is 266 g/mol. The first kappa shape index (κ1) is 15.1. The van der Waals surface area contributed by atoms with Crippen LogP contribution >= 0.6 is 11.6 Å². The van der Waals surface area contributed by atoms with Gasteiger partial charge in [-0.1, -0.05) is 54.1 Å².